The summed E-state index contributed by atoms with van der Waals surface area (Å²) >= 11 is 5.83. The lowest BCUT2D eigenvalue weighted by molar-refractivity contribution is 0.621. The van der Waals surface area contributed by atoms with Crippen molar-refractivity contribution < 1.29 is 4.39 Å². The van der Waals surface area contributed by atoms with Gasteiger partial charge < -0.3 is 5.32 Å². The molecule has 0 spiro atoms. The monoisotopic (exact) mass is 264 g/mol. The molecule has 0 aliphatic rings. The van der Waals surface area contributed by atoms with E-state index in [1.165, 1.54) is 6.07 Å². The lowest BCUT2D eigenvalue weighted by Gasteiger charge is -2.18. The molecular formula is C14H14ClFN2. The van der Waals surface area contributed by atoms with Gasteiger partial charge in [-0.2, -0.15) is 0 Å². The van der Waals surface area contributed by atoms with E-state index < -0.39 is 0 Å². The van der Waals surface area contributed by atoms with Crippen LogP contribution in [0, 0.1) is 5.82 Å². The molecule has 0 amide bonds. The van der Waals surface area contributed by atoms with E-state index in [1.807, 2.05) is 19.1 Å². The molecule has 2 aromatic rings. The van der Waals surface area contributed by atoms with Gasteiger partial charge in [-0.05, 0) is 36.2 Å². The third kappa shape index (κ3) is 3.20. The van der Waals surface area contributed by atoms with Crippen LogP contribution in [0.5, 0.6) is 0 Å². The summed E-state index contributed by atoms with van der Waals surface area (Å²) in [7, 11) is 0. The third-order valence-corrected chi connectivity index (χ3v) is 2.93. The Morgan fingerprint density at radius 1 is 1.33 bits per heavy atom. The van der Waals surface area contributed by atoms with Gasteiger partial charge in [-0.15, -0.1) is 0 Å². The summed E-state index contributed by atoms with van der Waals surface area (Å²) in [5, 5.41) is 3.76. The smallest absolute Gasteiger partial charge is 0.131 e. The summed E-state index contributed by atoms with van der Waals surface area (Å²) in [5.74, 6) is -0.222. The van der Waals surface area contributed by atoms with Crippen LogP contribution >= 0.6 is 11.6 Å². The van der Waals surface area contributed by atoms with Crippen LogP contribution in [0.25, 0.3) is 0 Å². The zero-order valence-corrected chi connectivity index (χ0v) is 10.8. The molecule has 1 aromatic heterocycles. The fourth-order valence-corrected chi connectivity index (χ4v) is 2.01. The molecule has 94 valence electrons. The zero-order chi connectivity index (χ0) is 13.0. The lowest BCUT2D eigenvalue weighted by Crippen LogP contribution is -2.09. The fraction of sp³-hybridized carbons (Fsp3) is 0.214. The maximum Gasteiger partial charge on any atom is 0.131 e. The van der Waals surface area contributed by atoms with Crippen LogP contribution in [0.2, 0.25) is 5.15 Å². The molecule has 0 saturated carbocycles. The Balaban J connectivity index is 2.19. The van der Waals surface area contributed by atoms with Crippen molar-refractivity contribution >= 4 is 17.3 Å². The van der Waals surface area contributed by atoms with Crippen molar-refractivity contribution in [1.82, 2.24) is 4.98 Å². The van der Waals surface area contributed by atoms with Crippen LogP contribution in [0.3, 0.4) is 0 Å². The standard InChI is InChI=1S/C14H14ClFN2/c1-2-13(10-4-3-5-11(16)8-10)18-12-6-7-17-14(15)9-12/h3-9,13H,2H2,1H3,(H,17,18). The van der Waals surface area contributed by atoms with E-state index in [0.717, 1.165) is 17.7 Å². The molecule has 2 rings (SSSR count). The van der Waals surface area contributed by atoms with Crippen LogP contribution in [-0.2, 0) is 0 Å². The second kappa shape index (κ2) is 5.83. The number of anilines is 1. The maximum atomic E-state index is 13.2. The van der Waals surface area contributed by atoms with Crippen molar-refractivity contribution in [2.24, 2.45) is 0 Å². The Morgan fingerprint density at radius 3 is 2.83 bits per heavy atom. The predicted octanol–water partition coefficient (Wildman–Crippen LogP) is 4.44. The molecule has 0 aliphatic heterocycles. The minimum absolute atomic E-state index is 0.0548. The average Bonchev–Trinajstić information content (AvgIpc) is 2.36. The van der Waals surface area contributed by atoms with Crippen LogP contribution in [0.4, 0.5) is 10.1 Å². The van der Waals surface area contributed by atoms with Crippen molar-refractivity contribution in [3.05, 3.63) is 59.1 Å². The van der Waals surface area contributed by atoms with E-state index in [1.54, 1.807) is 24.4 Å². The van der Waals surface area contributed by atoms with E-state index in [4.69, 9.17) is 11.6 Å². The number of halogens is 2. The molecule has 0 saturated heterocycles. The van der Waals surface area contributed by atoms with Crippen LogP contribution < -0.4 is 5.32 Å². The van der Waals surface area contributed by atoms with Crippen molar-refractivity contribution in [3.63, 3.8) is 0 Å². The van der Waals surface area contributed by atoms with E-state index in [2.05, 4.69) is 10.3 Å². The highest BCUT2D eigenvalue weighted by molar-refractivity contribution is 6.29. The molecule has 1 N–H and O–H groups in total. The number of pyridine rings is 1. The molecule has 0 bridgehead atoms. The predicted molar refractivity (Wildman–Crippen MR) is 72.3 cm³/mol. The van der Waals surface area contributed by atoms with Gasteiger partial charge in [0.15, 0.2) is 0 Å². The van der Waals surface area contributed by atoms with Crippen LogP contribution in [-0.4, -0.2) is 4.98 Å². The summed E-state index contributed by atoms with van der Waals surface area (Å²) in [6.07, 6.45) is 2.49. The number of nitrogens with zero attached hydrogens (tertiary/aromatic N) is 1. The minimum Gasteiger partial charge on any atom is -0.378 e. The molecule has 0 aliphatic carbocycles. The van der Waals surface area contributed by atoms with Crippen molar-refractivity contribution in [1.29, 1.82) is 0 Å². The number of rotatable bonds is 4. The van der Waals surface area contributed by atoms with Gasteiger partial charge in [0.1, 0.15) is 11.0 Å². The SMILES string of the molecule is CCC(Nc1ccnc(Cl)c1)c1cccc(F)c1. The molecule has 18 heavy (non-hydrogen) atoms. The Kier molecular flexibility index (Phi) is 4.15. The molecular weight excluding hydrogens is 251 g/mol. The van der Waals surface area contributed by atoms with Gasteiger partial charge in [0.05, 0.1) is 6.04 Å². The van der Waals surface area contributed by atoms with Crippen molar-refractivity contribution in [2.75, 3.05) is 5.32 Å². The quantitative estimate of drug-likeness (QED) is 0.826. The Bertz CT molecular complexity index is 531. The van der Waals surface area contributed by atoms with Gasteiger partial charge in [-0.25, -0.2) is 9.37 Å². The summed E-state index contributed by atoms with van der Waals surface area (Å²) < 4.78 is 13.2. The maximum absolute atomic E-state index is 13.2. The first-order valence-electron chi connectivity index (χ1n) is 5.82. The van der Waals surface area contributed by atoms with Gasteiger partial charge in [-0.3, -0.25) is 0 Å². The summed E-state index contributed by atoms with van der Waals surface area (Å²) in [5.41, 5.74) is 1.80. The van der Waals surface area contributed by atoms with Gasteiger partial charge in [0.2, 0.25) is 0 Å². The molecule has 1 atom stereocenters. The number of hydrogen-bond acceptors (Lipinski definition) is 2. The lowest BCUT2D eigenvalue weighted by atomic mass is 10.0. The normalized spacial score (nSPS) is 12.2. The molecule has 1 heterocycles. The minimum atomic E-state index is -0.222. The molecule has 0 fully saturated rings. The summed E-state index contributed by atoms with van der Waals surface area (Å²) in [6.45, 7) is 2.05. The first kappa shape index (κ1) is 12.8. The average molecular weight is 265 g/mol. The highest BCUT2D eigenvalue weighted by atomic mass is 35.5. The first-order valence-corrected chi connectivity index (χ1v) is 6.20. The molecule has 2 nitrogen and oxygen atoms in total. The van der Waals surface area contributed by atoms with Gasteiger partial charge in [-0.1, -0.05) is 30.7 Å². The fourth-order valence-electron chi connectivity index (χ4n) is 1.84. The van der Waals surface area contributed by atoms with E-state index in [9.17, 15) is 4.39 Å². The van der Waals surface area contributed by atoms with Crippen molar-refractivity contribution in [3.8, 4) is 0 Å². The summed E-state index contributed by atoms with van der Waals surface area (Å²) in [4.78, 5) is 3.93. The van der Waals surface area contributed by atoms with Crippen LogP contribution in [0.1, 0.15) is 24.9 Å². The Hall–Kier alpha value is -1.61. The number of benzene rings is 1. The van der Waals surface area contributed by atoms with E-state index in [-0.39, 0.29) is 11.9 Å². The second-order valence-electron chi connectivity index (χ2n) is 4.03. The molecule has 4 heteroatoms. The third-order valence-electron chi connectivity index (χ3n) is 2.73. The number of aromatic nitrogens is 1. The molecule has 1 aromatic carbocycles. The second-order valence-corrected chi connectivity index (χ2v) is 4.41. The number of hydrogen-bond donors (Lipinski definition) is 1. The molecule has 1 unspecified atom stereocenters. The Morgan fingerprint density at radius 2 is 2.17 bits per heavy atom. The summed E-state index contributed by atoms with van der Waals surface area (Å²) in [6, 6.07) is 10.3. The van der Waals surface area contributed by atoms with Crippen LogP contribution in [0.15, 0.2) is 42.6 Å². The van der Waals surface area contributed by atoms with Gasteiger partial charge in [0.25, 0.3) is 0 Å². The highest BCUT2D eigenvalue weighted by Gasteiger charge is 2.10. The Labute approximate surface area is 111 Å². The largest absolute Gasteiger partial charge is 0.378 e. The van der Waals surface area contributed by atoms with E-state index in [0.29, 0.717) is 5.15 Å². The van der Waals surface area contributed by atoms with Gasteiger partial charge >= 0.3 is 0 Å². The zero-order valence-electron chi connectivity index (χ0n) is 10.0. The topological polar surface area (TPSA) is 24.9 Å². The van der Waals surface area contributed by atoms with Gasteiger partial charge in [0, 0.05) is 11.9 Å². The molecule has 0 radical (unpaired) electrons. The van der Waals surface area contributed by atoms with E-state index >= 15 is 0 Å². The van der Waals surface area contributed by atoms with Crippen molar-refractivity contribution in [2.45, 2.75) is 19.4 Å². The number of nitrogens with one attached hydrogen (secondary N) is 1. The highest BCUT2D eigenvalue weighted by Crippen LogP contribution is 2.23. The first-order chi connectivity index (χ1) is 8.69.